The van der Waals surface area contributed by atoms with Gasteiger partial charge in [-0.2, -0.15) is 0 Å². The number of amides is 1. The van der Waals surface area contributed by atoms with Crippen molar-refractivity contribution in [2.75, 3.05) is 17.7 Å². The van der Waals surface area contributed by atoms with Crippen LogP contribution in [0.5, 0.6) is 0 Å². The van der Waals surface area contributed by atoms with Gasteiger partial charge in [0.2, 0.25) is 5.91 Å². The molecule has 13 heavy (non-hydrogen) atoms. The summed E-state index contributed by atoms with van der Waals surface area (Å²) in [6.07, 6.45) is 2.01. The normalized spacial score (nSPS) is 9.69. The quantitative estimate of drug-likeness (QED) is 0.737. The van der Waals surface area contributed by atoms with Gasteiger partial charge in [-0.3, -0.25) is 9.69 Å². The highest BCUT2D eigenvalue weighted by atomic mass is 16.2. The number of nitrogen functional groups attached to an aromatic ring is 1. The van der Waals surface area contributed by atoms with Crippen LogP contribution in [0.2, 0.25) is 0 Å². The summed E-state index contributed by atoms with van der Waals surface area (Å²) in [5, 5.41) is 0. The lowest BCUT2D eigenvalue weighted by molar-refractivity contribution is -0.118. The standard InChI is InChI=1S/C9H13N3O/c1-3-9(13)12(2)8-5-4-7(10)6-11-8/h4-6H,3,10H2,1-2H3. The number of aromatic nitrogens is 1. The summed E-state index contributed by atoms with van der Waals surface area (Å²) in [6, 6.07) is 3.45. The van der Waals surface area contributed by atoms with Gasteiger partial charge in [-0.25, -0.2) is 4.98 Å². The van der Waals surface area contributed by atoms with Crippen LogP contribution in [0.25, 0.3) is 0 Å². The molecule has 0 aliphatic carbocycles. The lowest BCUT2D eigenvalue weighted by Gasteiger charge is -2.14. The first-order chi connectivity index (χ1) is 6.15. The van der Waals surface area contributed by atoms with Gasteiger partial charge in [0.05, 0.1) is 11.9 Å². The van der Waals surface area contributed by atoms with E-state index >= 15 is 0 Å². The molecule has 1 heterocycles. The predicted octanol–water partition coefficient (Wildman–Crippen LogP) is 1.04. The van der Waals surface area contributed by atoms with E-state index in [0.717, 1.165) is 0 Å². The van der Waals surface area contributed by atoms with Crippen molar-refractivity contribution in [1.29, 1.82) is 0 Å². The Labute approximate surface area is 77.4 Å². The van der Waals surface area contributed by atoms with Crippen molar-refractivity contribution >= 4 is 17.4 Å². The van der Waals surface area contributed by atoms with Gasteiger partial charge >= 0.3 is 0 Å². The van der Waals surface area contributed by atoms with Crippen molar-refractivity contribution in [1.82, 2.24) is 4.98 Å². The fourth-order valence-corrected chi connectivity index (χ4v) is 0.961. The van der Waals surface area contributed by atoms with Gasteiger partial charge < -0.3 is 5.73 Å². The van der Waals surface area contributed by atoms with Crippen LogP contribution in [-0.4, -0.2) is 17.9 Å². The van der Waals surface area contributed by atoms with Crippen molar-refractivity contribution < 1.29 is 4.79 Å². The maximum atomic E-state index is 11.3. The Hall–Kier alpha value is -1.58. The van der Waals surface area contributed by atoms with Gasteiger partial charge in [0.15, 0.2) is 0 Å². The second kappa shape index (κ2) is 3.89. The molecule has 1 aromatic rings. The molecule has 1 rings (SSSR count). The fraction of sp³-hybridized carbons (Fsp3) is 0.333. The molecule has 4 nitrogen and oxygen atoms in total. The smallest absolute Gasteiger partial charge is 0.227 e. The highest BCUT2D eigenvalue weighted by molar-refractivity contribution is 5.91. The van der Waals surface area contributed by atoms with Crippen LogP contribution in [0.4, 0.5) is 11.5 Å². The zero-order valence-corrected chi connectivity index (χ0v) is 7.82. The van der Waals surface area contributed by atoms with E-state index in [1.807, 2.05) is 6.92 Å². The topological polar surface area (TPSA) is 59.2 Å². The van der Waals surface area contributed by atoms with E-state index in [4.69, 9.17) is 5.73 Å². The van der Waals surface area contributed by atoms with E-state index in [2.05, 4.69) is 4.98 Å². The van der Waals surface area contributed by atoms with Crippen LogP contribution >= 0.6 is 0 Å². The highest BCUT2D eigenvalue weighted by Crippen LogP contribution is 2.10. The lowest BCUT2D eigenvalue weighted by atomic mass is 10.3. The number of anilines is 2. The monoisotopic (exact) mass is 179 g/mol. The summed E-state index contributed by atoms with van der Waals surface area (Å²) in [4.78, 5) is 16.8. The van der Waals surface area contributed by atoms with Crippen LogP contribution < -0.4 is 10.6 Å². The van der Waals surface area contributed by atoms with E-state index < -0.39 is 0 Å². The Morgan fingerprint density at radius 1 is 1.62 bits per heavy atom. The number of carbonyl (C=O) groups is 1. The van der Waals surface area contributed by atoms with Crippen molar-refractivity contribution in [3.05, 3.63) is 18.3 Å². The van der Waals surface area contributed by atoms with Crippen molar-refractivity contribution in [3.8, 4) is 0 Å². The number of nitrogens with zero attached hydrogens (tertiary/aromatic N) is 2. The number of pyridine rings is 1. The summed E-state index contributed by atoms with van der Waals surface area (Å²) in [5.41, 5.74) is 6.07. The van der Waals surface area contributed by atoms with Crippen molar-refractivity contribution in [2.24, 2.45) is 0 Å². The molecule has 0 spiro atoms. The Kier molecular flexibility index (Phi) is 2.84. The molecule has 0 fully saturated rings. The zero-order chi connectivity index (χ0) is 9.84. The van der Waals surface area contributed by atoms with E-state index in [-0.39, 0.29) is 5.91 Å². The summed E-state index contributed by atoms with van der Waals surface area (Å²) in [5.74, 6) is 0.665. The number of hydrogen-bond donors (Lipinski definition) is 1. The van der Waals surface area contributed by atoms with E-state index in [0.29, 0.717) is 17.9 Å². The molecule has 0 bridgehead atoms. The lowest BCUT2D eigenvalue weighted by Crippen LogP contribution is -2.25. The Bertz CT molecular complexity index is 294. The van der Waals surface area contributed by atoms with Gasteiger partial charge in [-0.1, -0.05) is 6.92 Å². The first-order valence-electron chi connectivity index (χ1n) is 4.13. The molecule has 1 aromatic heterocycles. The first-order valence-corrected chi connectivity index (χ1v) is 4.13. The molecule has 0 atom stereocenters. The van der Waals surface area contributed by atoms with Gasteiger partial charge in [-0.05, 0) is 12.1 Å². The van der Waals surface area contributed by atoms with Crippen LogP contribution in [-0.2, 0) is 4.79 Å². The summed E-state index contributed by atoms with van der Waals surface area (Å²) in [6.45, 7) is 1.82. The van der Waals surface area contributed by atoms with Gasteiger partial charge in [-0.15, -0.1) is 0 Å². The van der Waals surface area contributed by atoms with Crippen molar-refractivity contribution in [2.45, 2.75) is 13.3 Å². The molecule has 0 aliphatic heterocycles. The second-order valence-corrected chi connectivity index (χ2v) is 2.76. The number of rotatable bonds is 2. The van der Waals surface area contributed by atoms with Crippen LogP contribution in [0.15, 0.2) is 18.3 Å². The number of nitrogens with two attached hydrogens (primary N) is 1. The first kappa shape index (κ1) is 9.51. The van der Waals surface area contributed by atoms with Crippen LogP contribution in [0.1, 0.15) is 13.3 Å². The van der Waals surface area contributed by atoms with E-state index in [1.165, 1.54) is 11.1 Å². The Morgan fingerprint density at radius 3 is 2.77 bits per heavy atom. The molecular formula is C9H13N3O. The van der Waals surface area contributed by atoms with Gasteiger partial charge in [0.1, 0.15) is 5.82 Å². The Balaban J connectivity index is 2.83. The van der Waals surface area contributed by atoms with E-state index in [1.54, 1.807) is 19.2 Å². The molecule has 0 aliphatic rings. The zero-order valence-electron chi connectivity index (χ0n) is 7.82. The molecule has 2 N–H and O–H groups in total. The van der Waals surface area contributed by atoms with Gasteiger partial charge in [0, 0.05) is 13.5 Å². The molecule has 0 unspecified atom stereocenters. The molecular weight excluding hydrogens is 166 g/mol. The molecule has 70 valence electrons. The minimum atomic E-state index is 0.0391. The predicted molar refractivity (Wildman–Crippen MR) is 52.4 cm³/mol. The maximum absolute atomic E-state index is 11.3. The van der Waals surface area contributed by atoms with Gasteiger partial charge in [0.25, 0.3) is 0 Å². The third-order valence-electron chi connectivity index (χ3n) is 1.79. The van der Waals surface area contributed by atoms with Crippen molar-refractivity contribution in [3.63, 3.8) is 0 Å². The second-order valence-electron chi connectivity index (χ2n) is 2.76. The minimum absolute atomic E-state index is 0.0391. The minimum Gasteiger partial charge on any atom is -0.397 e. The average molecular weight is 179 g/mol. The SMILES string of the molecule is CCC(=O)N(C)c1ccc(N)cn1. The average Bonchev–Trinajstić information content (AvgIpc) is 2.17. The van der Waals surface area contributed by atoms with E-state index in [9.17, 15) is 4.79 Å². The largest absolute Gasteiger partial charge is 0.397 e. The molecule has 0 saturated heterocycles. The maximum Gasteiger partial charge on any atom is 0.227 e. The third-order valence-corrected chi connectivity index (χ3v) is 1.79. The third kappa shape index (κ3) is 2.18. The number of carbonyl (C=O) groups excluding carboxylic acids is 1. The molecule has 1 amide bonds. The van der Waals surface area contributed by atoms with Crippen LogP contribution in [0, 0.1) is 0 Å². The highest BCUT2D eigenvalue weighted by Gasteiger charge is 2.08. The molecule has 0 saturated carbocycles. The summed E-state index contributed by atoms with van der Waals surface area (Å²) in [7, 11) is 1.70. The fourth-order valence-electron chi connectivity index (χ4n) is 0.961. The molecule has 0 aromatic carbocycles. The molecule has 0 radical (unpaired) electrons. The molecule has 4 heteroatoms. The summed E-state index contributed by atoms with van der Waals surface area (Å²) >= 11 is 0. The number of hydrogen-bond acceptors (Lipinski definition) is 3. The van der Waals surface area contributed by atoms with Crippen LogP contribution in [0.3, 0.4) is 0 Å². The Morgan fingerprint density at radius 2 is 2.31 bits per heavy atom. The summed E-state index contributed by atoms with van der Waals surface area (Å²) < 4.78 is 0.